The van der Waals surface area contributed by atoms with Crippen molar-refractivity contribution in [1.82, 2.24) is 4.98 Å². The van der Waals surface area contributed by atoms with Crippen molar-refractivity contribution in [3.63, 3.8) is 0 Å². The number of carbonyl (C=O) groups is 2. The second kappa shape index (κ2) is 6.49. The maximum Gasteiger partial charge on any atom is 0.311 e. The lowest BCUT2D eigenvalue weighted by Gasteiger charge is -2.11. The van der Waals surface area contributed by atoms with Gasteiger partial charge in [0.25, 0.3) is 0 Å². The van der Waals surface area contributed by atoms with Gasteiger partial charge in [-0.05, 0) is 36.2 Å². The van der Waals surface area contributed by atoms with Crippen molar-refractivity contribution in [2.24, 2.45) is 0 Å². The van der Waals surface area contributed by atoms with Gasteiger partial charge >= 0.3 is 5.97 Å². The number of nitrogens with one attached hydrogen (secondary N) is 1. The highest BCUT2D eigenvalue weighted by Gasteiger charge is 2.26. The van der Waals surface area contributed by atoms with Gasteiger partial charge in [-0.1, -0.05) is 35.9 Å². The molecule has 0 aliphatic heterocycles. The Hall–Kier alpha value is -2.59. The highest BCUT2D eigenvalue weighted by Crippen LogP contribution is 2.30. The second-order valence-corrected chi connectivity index (χ2v) is 6.26. The van der Waals surface area contributed by atoms with Gasteiger partial charge in [0.05, 0.1) is 5.92 Å². The van der Waals surface area contributed by atoms with Crippen molar-refractivity contribution in [2.45, 2.75) is 19.3 Å². The molecule has 1 unspecified atom stereocenters. The van der Waals surface area contributed by atoms with Crippen molar-refractivity contribution < 1.29 is 14.7 Å². The predicted octanol–water partition coefficient (Wildman–Crippen LogP) is 4.57. The van der Waals surface area contributed by atoms with Crippen LogP contribution in [0, 0.1) is 6.92 Å². The summed E-state index contributed by atoms with van der Waals surface area (Å²) in [5, 5.41) is 10.9. The number of ketones is 1. The van der Waals surface area contributed by atoms with E-state index in [4.69, 9.17) is 11.6 Å². The number of carbonyl (C=O) groups excluding carboxylic acids is 1. The van der Waals surface area contributed by atoms with Gasteiger partial charge in [0.1, 0.15) is 0 Å². The number of fused-ring (bicyclic) bond motifs is 1. The molecule has 1 atom stereocenters. The molecule has 3 rings (SSSR count). The highest BCUT2D eigenvalue weighted by atomic mass is 35.5. The molecule has 0 spiro atoms. The quantitative estimate of drug-likeness (QED) is 0.668. The molecule has 0 amide bonds. The van der Waals surface area contributed by atoms with Crippen LogP contribution in [0.4, 0.5) is 0 Å². The maximum atomic E-state index is 12.5. The molecule has 2 aromatic carbocycles. The fourth-order valence-electron chi connectivity index (χ4n) is 2.85. The summed E-state index contributed by atoms with van der Waals surface area (Å²) in [5.41, 5.74) is 2.99. The van der Waals surface area contributed by atoms with Crippen LogP contribution in [0.2, 0.25) is 5.02 Å². The standard InChI is InChI=1S/C19H16ClNO3/c1-11-5-6-14-16(10-21-17(14)7-11)15(19(23)24)9-18(22)12-3-2-4-13(20)8-12/h2-8,10,15,21H,9H2,1H3,(H,23,24). The average Bonchev–Trinajstić information content (AvgIpc) is 2.94. The number of aliphatic carboxylic acids is 1. The molecule has 0 saturated carbocycles. The summed E-state index contributed by atoms with van der Waals surface area (Å²) in [7, 11) is 0. The normalized spacial score (nSPS) is 12.2. The van der Waals surface area contributed by atoms with E-state index in [1.165, 1.54) is 0 Å². The number of halogens is 1. The lowest BCUT2D eigenvalue weighted by Crippen LogP contribution is -2.16. The van der Waals surface area contributed by atoms with E-state index < -0.39 is 11.9 Å². The van der Waals surface area contributed by atoms with Gasteiger partial charge in [0, 0.05) is 34.1 Å². The van der Waals surface area contributed by atoms with Gasteiger partial charge in [-0.2, -0.15) is 0 Å². The lowest BCUT2D eigenvalue weighted by atomic mass is 9.91. The van der Waals surface area contributed by atoms with Gasteiger partial charge < -0.3 is 10.1 Å². The van der Waals surface area contributed by atoms with Crippen molar-refractivity contribution in [1.29, 1.82) is 0 Å². The van der Waals surface area contributed by atoms with E-state index in [2.05, 4.69) is 4.98 Å². The number of carboxylic acid groups (broad SMARTS) is 1. The van der Waals surface area contributed by atoms with E-state index in [0.29, 0.717) is 16.1 Å². The Kier molecular flexibility index (Phi) is 4.40. The Labute approximate surface area is 144 Å². The summed E-state index contributed by atoms with van der Waals surface area (Å²) in [6.07, 6.45) is 1.56. The van der Waals surface area contributed by atoms with Crippen LogP contribution in [0.25, 0.3) is 10.9 Å². The monoisotopic (exact) mass is 341 g/mol. The molecular weight excluding hydrogens is 326 g/mol. The number of aromatic nitrogens is 1. The smallest absolute Gasteiger partial charge is 0.311 e. The first-order valence-electron chi connectivity index (χ1n) is 7.55. The SMILES string of the molecule is Cc1ccc2c(C(CC(=O)c3cccc(Cl)c3)C(=O)O)c[nH]c2c1. The minimum Gasteiger partial charge on any atom is -0.481 e. The summed E-state index contributed by atoms with van der Waals surface area (Å²) in [6, 6.07) is 12.3. The first-order valence-corrected chi connectivity index (χ1v) is 7.92. The van der Waals surface area contributed by atoms with Crippen molar-refractivity contribution >= 4 is 34.3 Å². The van der Waals surface area contributed by atoms with E-state index in [-0.39, 0.29) is 12.2 Å². The van der Waals surface area contributed by atoms with E-state index in [0.717, 1.165) is 16.5 Å². The zero-order valence-corrected chi connectivity index (χ0v) is 13.8. The van der Waals surface area contributed by atoms with Crippen molar-refractivity contribution in [2.75, 3.05) is 0 Å². The molecule has 4 nitrogen and oxygen atoms in total. The molecule has 0 radical (unpaired) electrons. The molecule has 0 aliphatic carbocycles. The molecule has 122 valence electrons. The molecule has 24 heavy (non-hydrogen) atoms. The van der Waals surface area contributed by atoms with Crippen LogP contribution in [0.3, 0.4) is 0 Å². The Balaban J connectivity index is 1.95. The van der Waals surface area contributed by atoms with Crippen LogP contribution in [0.5, 0.6) is 0 Å². The van der Waals surface area contributed by atoms with Crippen LogP contribution >= 0.6 is 11.6 Å². The summed E-state index contributed by atoms with van der Waals surface area (Å²) < 4.78 is 0. The van der Waals surface area contributed by atoms with Crippen LogP contribution in [0.1, 0.15) is 33.8 Å². The minimum absolute atomic E-state index is 0.115. The maximum absolute atomic E-state index is 12.5. The van der Waals surface area contributed by atoms with Gasteiger partial charge in [0.2, 0.25) is 0 Å². The number of hydrogen-bond acceptors (Lipinski definition) is 2. The highest BCUT2D eigenvalue weighted by molar-refractivity contribution is 6.31. The fourth-order valence-corrected chi connectivity index (χ4v) is 3.04. The summed E-state index contributed by atoms with van der Waals surface area (Å²) in [6.45, 7) is 1.97. The van der Waals surface area contributed by atoms with Gasteiger partial charge in [-0.25, -0.2) is 0 Å². The predicted molar refractivity (Wildman–Crippen MR) is 93.8 cm³/mol. The molecule has 1 heterocycles. The molecule has 0 fully saturated rings. The van der Waals surface area contributed by atoms with Gasteiger partial charge in [-0.3, -0.25) is 9.59 Å². The molecule has 0 aliphatic rings. The Morgan fingerprint density at radius 2 is 2.00 bits per heavy atom. The van der Waals surface area contributed by atoms with Crippen LogP contribution in [0.15, 0.2) is 48.7 Å². The van der Waals surface area contributed by atoms with Crippen LogP contribution in [-0.4, -0.2) is 21.8 Å². The number of carboxylic acids is 1. The van der Waals surface area contributed by atoms with E-state index >= 15 is 0 Å². The largest absolute Gasteiger partial charge is 0.481 e. The molecule has 0 saturated heterocycles. The van der Waals surface area contributed by atoms with E-state index in [9.17, 15) is 14.7 Å². The number of benzene rings is 2. The molecule has 2 N–H and O–H groups in total. The zero-order valence-electron chi connectivity index (χ0n) is 13.0. The Morgan fingerprint density at radius 1 is 1.21 bits per heavy atom. The third-order valence-corrected chi connectivity index (χ3v) is 4.31. The Morgan fingerprint density at radius 3 is 2.71 bits per heavy atom. The van der Waals surface area contributed by atoms with Crippen LogP contribution < -0.4 is 0 Å². The lowest BCUT2D eigenvalue weighted by molar-refractivity contribution is -0.138. The molecule has 5 heteroatoms. The zero-order chi connectivity index (χ0) is 17.3. The molecule has 3 aromatic rings. The Bertz CT molecular complexity index is 929. The third kappa shape index (κ3) is 3.19. The second-order valence-electron chi connectivity index (χ2n) is 5.82. The van der Waals surface area contributed by atoms with Crippen molar-refractivity contribution in [3.05, 3.63) is 70.4 Å². The van der Waals surface area contributed by atoms with Gasteiger partial charge in [-0.15, -0.1) is 0 Å². The number of hydrogen-bond donors (Lipinski definition) is 2. The number of rotatable bonds is 5. The fraction of sp³-hybridized carbons (Fsp3) is 0.158. The van der Waals surface area contributed by atoms with Gasteiger partial charge in [0.15, 0.2) is 5.78 Å². The minimum atomic E-state index is -1.02. The topological polar surface area (TPSA) is 70.2 Å². The summed E-state index contributed by atoms with van der Waals surface area (Å²) >= 11 is 5.91. The summed E-state index contributed by atoms with van der Waals surface area (Å²) in [4.78, 5) is 27.3. The number of aryl methyl sites for hydroxylation is 1. The van der Waals surface area contributed by atoms with Crippen LogP contribution in [-0.2, 0) is 4.79 Å². The van der Waals surface area contributed by atoms with E-state index in [1.807, 2.05) is 25.1 Å². The average molecular weight is 342 g/mol. The number of aromatic amines is 1. The molecule has 1 aromatic heterocycles. The first-order chi connectivity index (χ1) is 11.5. The summed E-state index contributed by atoms with van der Waals surface area (Å²) in [5.74, 6) is -2.17. The first kappa shape index (κ1) is 16.3. The molecular formula is C19H16ClNO3. The van der Waals surface area contributed by atoms with E-state index in [1.54, 1.807) is 30.5 Å². The number of H-pyrrole nitrogens is 1. The third-order valence-electron chi connectivity index (χ3n) is 4.08. The molecule has 0 bridgehead atoms. The number of Topliss-reactive ketones (excluding diaryl/α,β-unsaturated/α-hetero) is 1. The van der Waals surface area contributed by atoms with Crippen molar-refractivity contribution in [3.8, 4) is 0 Å².